The molecule has 3 N–H and O–H groups in total. The van der Waals surface area contributed by atoms with Gasteiger partial charge in [0.1, 0.15) is 0 Å². The maximum absolute atomic E-state index is 9.87. The van der Waals surface area contributed by atoms with Crippen LogP contribution in [0, 0.1) is 0 Å². The Labute approximate surface area is 94.8 Å². The molecule has 0 radical (unpaired) electrons. The van der Waals surface area contributed by atoms with E-state index in [4.69, 9.17) is 22.1 Å². The molecule has 0 heterocycles. The van der Waals surface area contributed by atoms with Crippen LogP contribution in [0.2, 0.25) is 5.02 Å². The molecule has 0 fully saturated rings. The average Bonchev–Trinajstić information content (AvgIpc) is 2.09. The van der Waals surface area contributed by atoms with Gasteiger partial charge in [-0.2, -0.15) is 0 Å². The largest absolute Gasteiger partial charge is 0.504 e. The first kappa shape index (κ1) is 12.1. The number of nitrogens with two attached hydrogens (primary N) is 1. The van der Waals surface area contributed by atoms with Crippen LogP contribution in [-0.2, 0) is 6.42 Å². The second-order valence-electron chi connectivity index (χ2n) is 4.25. The summed E-state index contributed by atoms with van der Waals surface area (Å²) in [5.41, 5.74) is 6.24. The minimum Gasteiger partial charge on any atom is -0.504 e. The summed E-state index contributed by atoms with van der Waals surface area (Å²) in [5, 5.41) is 10.3. The Morgan fingerprint density at radius 1 is 1.47 bits per heavy atom. The van der Waals surface area contributed by atoms with Gasteiger partial charge in [-0.1, -0.05) is 17.7 Å². The standard InChI is InChI=1S/C11H16ClNO2/c1-11(2,13)6-7-4-5-8(12)10(15-3)9(7)14/h4-5,14H,6,13H2,1-3H3. The number of phenols is 1. The predicted octanol–water partition coefficient (Wildman–Crippen LogP) is 2.33. The number of hydrogen-bond donors (Lipinski definition) is 2. The molecule has 4 heteroatoms. The van der Waals surface area contributed by atoms with Gasteiger partial charge in [0, 0.05) is 5.54 Å². The fraction of sp³-hybridized carbons (Fsp3) is 0.455. The molecule has 0 aromatic heterocycles. The maximum atomic E-state index is 9.87. The second kappa shape index (κ2) is 4.29. The monoisotopic (exact) mass is 229 g/mol. The van der Waals surface area contributed by atoms with Crippen LogP contribution in [0.4, 0.5) is 0 Å². The lowest BCUT2D eigenvalue weighted by Gasteiger charge is -2.20. The third kappa shape index (κ3) is 3.01. The highest BCUT2D eigenvalue weighted by Crippen LogP contribution is 2.37. The van der Waals surface area contributed by atoms with E-state index in [1.165, 1.54) is 7.11 Å². The van der Waals surface area contributed by atoms with Crippen LogP contribution >= 0.6 is 11.6 Å². The van der Waals surface area contributed by atoms with E-state index < -0.39 is 0 Å². The molecule has 0 bridgehead atoms. The van der Waals surface area contributed by atoms with Crippen LogP contribution in [0.15, 0.2) is 12.1 Å². The van der Waals surface area contributed by atoms with E-state index in [9.17, 15) is 5.11 Å². The number of phenolic OH excluding ortho intramolecular Hbond substituents is 1. The Bertz CT molecular complexity index is 358. The molecule has 15 heavy (non-hydrogen) atoms. The summed E-state index contributed by atoms with van der Waals surface area (Å²) < 4.78 is 5.01. The number of benzene rings is 1. The Morgan fingerprint density at radius 3 is 2.53 bits per heavy atom. The van der Waals surface area contributed by atoms with E-state index in [0.717, 1.165) is 5.56 Å². The fourth-order valence-corrected chi connectivity index (χ4v) is 1.64. The van der Waals surface area contributed by atoms with Crippen molar-refractivity contribution < 1.29 is 9.84 Å². The summed E-state index contributed by atoms with van der Waals surface area (Å²) >= 11 is 5.86. The summed E-state index contributed by atoms with van der Waals surface area (Å²) in [6, 6.07) is 3.45. The smallest absolute Gasteiger partial charge is 0.179 e. The first-order valence-corrected chi connectivity index (χ1v) is 5.06. The van der Waals surface area contributed by atoms with Gasteiger partial charge in [-0.05, 0) is 31.9 Å². The van der Waals surface area contributed by atoms with Crippen molar-refractivity contribution in [3.05, 3.63) is 22.7 Å². The Kier molecular flexibility index (Phi) is 3.47. The number of hydrogen-bond acceptors (Lipinski definition) is 3. The van der Waals surface area contributed by atoms with E-state index in [1.807, 2.05) is 13.8 Å². The van der Waals surface area contributed by atoms with Crippen molar-refractivity contribution in [2.75, 3.05) is 7.11 Å². The molecule has 1 aromatic carbocycles. The first-order chi connectivity index (χ1) is 6.85. The lowest BCUT2D eigenvalue weighted by atomic mass is 9.95. The highest BCUT2D eigenvalue weighted by atomic mass is 35.5. The van der Waals surface area contributed by atoms with Gasteiger partial charge >= 0.3 is 0 Å². The summed E-state index contributed by atoms with van der Waals surface area (Å²) in [5.74, 6) is 0.377. The fourth-order valence-electron chi connectivity index (χ4n) is 1.41. The van der Waals surface area contributed by atoms with Crippen molar-refractivity contribution in [1.29, 1.82) is 0 Å². The predicted molar refractivity (Wildman–Crippen MR) is 61.6 cm³/mol. The minimum atomic E-state index is -0.379. The van der Waals surface area contributed by atoms with Crippen LogP contribution in [-0.4, -0.2) is 17.8 Å². The van der Waals surface area contributed by atoms with Gasteiger partial charge in [-0.15, -0.1) is 0 Å². The van der Waals surface area contributed by atoms with Crippen LogP contribution in [0.1, 0.15) is 19.4 Å². The van der Waals surface area contributed by atoms with Crippen LogP contribution in [0.3, 0.4) is 0 Å². The molecule has 0 atom stereocenters. The molecule has 0 unspecified atom stereocenters. The third-order valence-corrected chi connectivity index (χ3v) is 2.31. The number of aromatic hydroxyl groups is 1. The van der Waals surface area contributed by atoms with Crippen molar-refractivity contribution in [2.45, 2.75) is 25.8 Å². The van der Waals surface area contributed by atoms with Gasteiger partial charge in [-0.3, -0.25) is 0 Å². The number of halogens is 1. The lowest BCUT2D eigenvalue weighted by molar-refractivity contribution is 0.367. The van der Waals surface area contributed by atoms with Gasteiger partial charge in [-0.25, -0.2) is 0 Å². The van der Waals surface area contributed by atoms with Gasteiger partial charge in [0.25, 0.3) is 0 Å². The lowest BCUT2D eigenvalue weighted by Crippen LogP contribution is -2.34. The van der Waals surface area contributed by atoms with E-state index in [2.05, 4.69) is 0 Å². The van der Waals surface area contributed by atoms with E-state index >= 15 is 0 Å². The van der Waals surface area contributed by atoms with Gasteiger partial charge in [0.2, 0.25) is 0 Å². The molecule has 0 amide bonds. The molecular weight excluding hydrogens is 214 g/mol. The van der Waals surface area contributed by atoms with Gasteiger partial charge in [0.05, 0.1) is 12.1 Å². The SMILES string of the molecule is COc1c(Cl)ccc(CC(C)(C)N)c1O. The van der Waals surface area contributed by atoms with E-state index in [-0.39, 0.29) is 11.3 Å². The summed E-state index contributed by atoms with van der Waals surface area (Å²) in [7, 11) is 1.47. The zero-order valence-corrected chi connectivity index (χ0v) is 9.93. The zero-order chi connectivity index (χ0) is 11.6. The van der Waals surface area contributed by atoms with Crippen molar-refractivity contribution in [3.63, 3.8) is 0 Å². The van der Waals surface area contributed by atoms with Crippen LogP contribution in [0.25, 0.3) is 0 Å². The first-order valence-electron chi connectivity index (χ1n) is 4.68. The summed E-state index contributed by atoms with van der Waals surface area (Å²) in [6.07, 6.45) is 0.562. The number of methoxy groups -OCH3 is 1. The molecule has 0 aliphatic carbocycles. The molecule has 1 aromatic rings. The maximum Gasteiger partial charge on any atom is 0.179 e. The Hall–Kier alpha value is -0.930. The molecular formula is C11H16ClNO2. The minimum absolute atomic E-state index is 0.0727. The van der Waals surface area contributed by atoms with Crippen molar-refractivity contribution in [2.24, 2.45) is 5.73 Å². The molecule has 0 aliphatic heterocycles. The van der Waals surface area contributed by atoms with E-state index in [1.54, 1.807) is 12.1 Å². The van der Waals surface area contributed by atoms with Crippen LogP contribution in [0.5, 0.6) is 11.5 Å². The van der Waals surface area contributed by atoms with Crippen molar-refractivity contribution in [1.82, 2.24) is 0 Å². The van der Waals surface area contributed by atoms with E-state index in [0.29, 0.717) is 17.2 Å². The molecule has 3 nitrogen and oxygen atoms in total. The third-order valence-electron chi connectivity index (χ3n) is 2.02. The topological polar surface area (TPSA) is 55.5 Å². The summed E-state index contributed by atoms with van der Waals surface area (Å²) in [6.45, 7) is 3.79. The molecule has 0 saturated carbocycles. The summed E-state index contributed by atoms with van der Waals surface area (Å²) in [4.78, 5) is 0. The van der Waals surface area contributed by atoms with Gasteiger partial charge < -0.3 is 15.6 Å². The highest BCUT2D eigenvalue weighted by molar-refractivity contribution is 6.32. The molecule has 0 saturated heterocycles. The molecule has 84 valence electrons. The number of rotatable bonds is 3. The molecule has 1 rings (SSSR count). The molecule has 0 spiro atoms. The Balaban J connectivity index is 3.11. The number of ether oxygens (including phenoxy) is 1. The quantitative estimate of drug-likeness (QED) is 0.837. The van der Waals surface area contributed by atoms with Crippen molar-refractivity contribution >= 4 is 11.6 Å². The van der Waals surface area contributed by atoms with Crippen molar-refractivity contribution in [3.8, 4) is 11.5 Å². The van der Waals surface area contributed by atoms with Gasteiger partial charge in [0.15, 0.2) is 11.5 Å². The normalized spacial score (nSPS) is 11.5. The molecule has 0 aliphatic rings. The van der Waals surface area contributed by atoms with Crippen LogP contribution < -0.4 is 10.5 Å². The zero-order valence-electron chi connectivity index (χ0n) is 9.17. The highest BCUT2D eigenvalue weighted by Gasteiger charge is 2.18. The Morgan fingerprint density at radius 2 is 2.07 bits per heavy atom. The average molecular weight is 230 g/mol. The second-order valence-corrected chi connectivity index (χ2v) is 4.66.